The van der Waals surface area contributed by atoms with Crippen LogP contribution in [0.1, 0.15) is 17.0 Å². The Kier molecular flexibility index (Phi) is 3.01. The highest BCUT2D eigenvalue weighted by atomic mass is 14.7. The maximum absolute atomic E-state index is 4.69. The predicted molar refractivity (Wildman–Crippen MR) is 93.7 cm³/mol. The van der Waals surface area contributed by atoms with Gasteiger partial charge in [-0.15, -0.1) is 0 Å². The first kappa shape index (κ1) is 12.8. The maximum Gasteiger partial charge on any atom is 0.0709 e. The van der Waals surface area contributed by atoms with Crippen molar-refractivity contribution in [1.29, 1.82) is 0 Å². The second-order valence-corrected chi connectivity index (χ2v) is 5.47. The standard InChI is InChI=1S/C20H16N2/c1-14-17(18-7-3-5-9-20(18)21-14)13-12-16-11-10-15-6-2-4-8-19(15)22-16/h2-13,21H,1H3/b13-12-. The maximum atomic E-state index is 4.69. The van der Waals surface area contributed by atoms with Crippen molar-refractivity contribution in [2.24, 2.45) is 0 Å². The van der Waals surface area contributed by atoms with E-state index in [1.165, 1.54) is 27.5 Å². The number of H-pyrrole nitrogens is 1. The molecule has 2 aromatic carbocycles. The third-order valence-electron chi connectivity index (χ3n) is 3.98. The van der Waals surface area contributed by atoms with Gasteiger partial charge in [0, 0.05) is 27.5 Å². The lowest BCUT2D eigenvalue weighted by Crippen LogP contribution is -1.82. The Morgan fingerprint density at radius 3 is 2.64 bits per heavy atom. The summed E-state index contributed by atoms with van der Waals surface area (Å²) in [5.41, 5.74) is 5.58. The highest BCUT2D eigenvalue weighted by molar-refractivity contribution is 5.93. The molecule has 0 aliphatic heterocycles. The van der Waals surface area contributed by atoms with Gasteiger partial charge in [-0.25, -0.2) is 4.98 Å². The summed E-state index contributed by atoms with van der Waals surface area (Å²) in [5.74, 6) is 0. The van der Waals surface area contributed by atoms with Gasteiger partial charge < -0.3 is 4.98 Å². The minimum Gasteiger partial charge on any atom is -0.358 e. The van der Waals surface area contributed by atoms with Gasteiger partial charge in [-0.3, -0.25) is 0 Å². The van der Waals surface area contributed by atoms with Crippen LogP contribution in [0.2, 0.25) is 0 Å². The van der Waals surface area contributed by atoms with E-state index in [1.807, 2.05) is 18.2 Å². The van der Waals surface area contributed by atoms with E-state index in [2.05, 4.69) is 71.5 Å². The Hall–Kier alpha value is -2.87. The van der Waals surface area contributed by atoms with E-state index in [9.17, 15) is 0 Å². The van der Waals surface area contributed by atoms with Gasteiger partial charge in [-0.1, -0.05) is 48.5 Å². The summed E-state index contributed by atoms with van der Waals surface area (Å²) in [6.07, 6.45) is 4.22. The molecule has 4 rings (SSSR count). The minimum absolute atomic E-state index is 0.975. The zero-order valence-electron chi connectivity index (χ0n) is 12.4. The normalized spacial score (nSPS) is 11.7. The van der Waals surface area contributed by atoms with Crippen LogP contribution in [0.15, 0.2) is 60.7 Å². The molecule has 0 aliphatic rings. The first-order chi connectivity index (χ1) is 10.8. The molecule has 106 valence electrons. The molecule has 2 heterocycles. The molecule has 4 aromatic rings. The average Bonchev–Trinajstić information content (AvgIpc) is 2.88. The lowest BCUT2D eigenvalue weighted by Gasteiger charge is -1.99. The van der Waals surface area contributed by atoms with Crippen LogP contribution in [0, 0.1) is 6.92 Å². The first-order valence-corrected chi connectivity index (χ1v) is 7.42. The molecular weight excluding hydrogens is 268 g/mol. The second kappa shape index (κ2) is 5.15. The largest absolute Gasteiger partial charge is 0.358 e. The molecule has 0 unspecified atom stereocenters. The highest BCUT2D eigenvalue weighted by Gasteiger charge is 2.04. The molecule has 2 aromatic heterocycles. The number of hydrogen-bond acceptors (Lipinski definition) is 1. The van der Waals surface area contributed by atoms with Crippen LogP contribution in [-0.2, 0) is 0 Å². The van der Waals surface area contributed by atoms with E-state index >= 15 is 0 Å². The third-order valence-corrected chi connectivity index (χ3v) is 3.98. The molecule has 2 heteroatoms. The van der Waals surface area contributed by atoms with Gasteiger partial charge in [0.25, 0.3) is 0 Å². The van der Waals surface area contributed by atoms with Crippen molar-refractivity contribution >= 4 is 34.0 Å². The predicted octanol–water partition coefficient (Wildman–Crippen LogP) is 5.19. The Labute approximate surface area is 129 Å². The van der Waals surface area contributed by atoms with Crippen LogP contribution >= 0.6 is 0 Å². The molecule has 0 aliphatic carbocycles. The summed E-state index contributed by atoms with van der Waals surface area (Å²) in [6, 6.07) is 20.7. The molecule has 22 heavy (non-hydrogen) atoms. The minimum atomic E-state index is 0.975. The molecule has 1 N–H and O–H groups in total. The quantitative estimate of drug-likeness (QED) is 0.539. The number of para-hydroxylation sites is 2. The van der Waals surface area contributed by atoms with Crippen molar-refractivity contribution in [2.45, 2.75) is 6.92 Å². The molecule has 0 saturated heterocycles. The third kappa shape index (κ3) is 2.19. The van der Waals surface area contributed by atoms with E-state index < -0.39 is 0 Å². The lowest BCUT2D eigenvalue weighted by atomic mass is 10.1. The fourth-order valence-corrected chi connectivity index (χ4v) is 2.86. The van der Waals surface area contributed by atoms with Gasteiger partial charge in [-0.05, 0) is 31.2 Å². The van der Waals surface area contributed by atoms with Gasteiger partial charge in [0.2, 0.25) is 0 Å². The smallest absolute Gasteiger partial charge is 0.0709 e. The number of nitrogens with one attached hydrogen (secondary N) is 1. The molecule has 0 spiro atoms. The summed E-state index contributed by atoms with van der Waals surface area (Å²) in [6.45, 7) is 2.10. The zero-order valence-corrected chi connectivity index (χ0v) is 12.4. The first-order valence-electron chi connectivity index (χ1n) is 7.42. The fraction of sp³-hybridized carbons (Fsp3) is 0.0500. The molecule has 0 bridgehead atoms. The van der Waals surface area contributed by atoms with Gasteiger partial charge in [0.15, 0.2) is 0 Å². The van der Waals surface area contributed by atoms with Crippen LogP contribution in [0.3, 0.4) is 0 Å². The van der Waals surface area contributed by atoms with Crippen molar-refractivity contribution in [2.75, 3.05) is 0 Å². The van der Waals surface area contributed by atoms with Gasteiger partial charge in [-0.2, -0.15) is 0 Å². The van der Waals surface area contributed by atoms with Crippen molar-refractivity contribution in [3.05, 3.63) is 77.6 Å². The van der Waals surface area contributed by atoms with E-state index in [0.717, 1.165) is 11.2 Å². The molecule has 2 nitrogen and oxygen atoms in total. The van der Waals surface area contributed by atoms with E-state index in [4.69, 9.17) is 0 Å². The Balaban J connectivity index is 1.77. The van der Waals surface area contributed by atoms with E-state index in [1.54, 1.807) is 0 Å². The number of benzene rings is 2. The molecule has 0 fully saturated rings. The number of nitrogens with zero attached hydrogens (tertiary/aromatic N) is 1. The molecular formula is C20H16N2. The Bertz CT molecular complexity index is 993. The van der Waals surface area contributed by atoms with Crippen molar-refractivity contribution in [3.63, 3.8) is 0 Å². The summed E-state index contributed by atoms with van der Waals surface area (Å²) >= 11 is 0. The number of aromatic nitrogens is 2. The van der Waals surface area contributed by atoms with Crippen LogP contribution in [0.25, 0.3) is 34.0 Å². The van der Waals surface area contributed by atoms with Crippen LogP contribution in [0.4, 0.5) is 0 Å². The number of fused-ring (bicyclic) bond motifs is 2. The second-order valence-electron chi connectivity index (χ2n) is 5.47. The summed E-state index contributed by atoms with van der Waals surface area (Å²) in [5, 5.41) is 2.42. The molecule has 0 saturated carbocycles. The van der Waals surface area contributed by atoms with E-state index in [0.29, 0.717) is 0 Å². The summed E-state index contributed by atoms with van der Waals surface area (Å²) in [7, 11) is 0. The van der Waals surface area contributed by atoms with Gasteiger partial charge >= 0.3 is 0 Å². The number of rotatable bonds is 2. The molecule has 0 radical (unpaired) electrons. The van der Waals surface area contributed by atoms with Crippen molar-refractivity contribution in [1.82, 2.24) is 9.97 Å². The summed E-state index contributed by atoms with van der Waals surface area (Å²) in [4.78, 5) is 8.11. The van der Waals surface area contributed by atoms with Crippen LogP contribution < -0.4 is 0 Å². The monoisotopic (exact) mass is 284 g/mol. The number of hydrogen-bond donors (Lipinski definition) is 1. The fourth-order valence-electron chi connectivity index (χ4n) is 2.86. The Morgan fingerprint density at radius 1 is 0.864 bits per heavy atom. The highest BCUT2D eigenvalue weighted by Crippen LogP contribution is 2.24. The molecule has 0 amide bonds. The number of aromatic amines is 1. The van der Waals surface area contributed by atoms with E-state index in [-0.39, 0.29) is 0 Å². The lowest BCUT2D eigenvalue weighted by molar-refractivity contribution is 1.29. The van der Waals surface area contributed by atoms with Crippen LogP contribution in [0.5, 0.6) is 0 Å². The van der Waals surface area contributed by atoms with Crippen LogP contribution in [-0.4, -0.2) is 9.97 Å². The van der Waals surface area contributed by atoms with Crippen molar-refractivity contribution < 1.29 is 0 Å². The zero-order chi connectivity index (χ0) is 14.9. The Morgan fingerprint density at radius 2 is 1.68 bits per heavy atom. The molecule has 0 atom stereocenters. The number of aryl methyl sites for hydroxylation is 1. The van der Waals surface area contributed by atoms with Crippen molar-refractivity contribution in [3.8, 4) is 0 Å². The topological polar surface area (TPSA) is 28.7 Å². The number of pyridine rings is 1. The van der Waals surface area contributed by atoms with Gasteiger partial charge in [0.1, 0.15) is 0 Å². The average molecular weight is 284 g/mol. The SMILES string of the molecule is Cc1[nH]c2ccccc2c1/C=C\c1ccc2ccccc2n1. The van der Waals surface area contributed by atoms with Gasteiger partial charge in [0.05, 0.1) is 11.2 Å². The summed E-state index contributed by atoms with van der Waals surface area (Å²) < 4.78 is 0.